The van der Waals surface area contributed by atoms with Crippen molar-refractivity contribution >= 4 is 29.3 Å². The molecule has 0 saturated carbocycles. The van der Waals surface area contributed by atoms with Crippen molar-refractivity contribution in [1.82, 2.24) is 20.1 Å². The maximum absolute atomic E-state index is 12.2. The fourth-order valence-corrected chi connectivity index (χ4v) is 4.91. The Morgan fingerprint density at radius 1 is 0.857 bits per heavy atom. The van der Waals surface area contributed by atoms with E-state index in [4.69, 9.17) is 11.6 Å². The van der Waals surface area contributed by atoms with E-state index in [0.29, 0.717) is 18.0 Å². The highest BCUT2D eigenvalue weighted by Gasteiger charge is 2.15. The second-order valence-electron chi connectivity index (χ2n) is 8.28. The number of unbranched alkanes of at least 4 members (excludes halogenated alkanes) is 1. The van der Waals surface area contributed by atoms with Crippen molar-refractivity contribution in [2.45, 2.75) is 43.0 Å². The third kappa shape index (κ3) is 7.70. The van der Waals surface area contributed by atoms with E-state index in [1.165, 1.54) is 11.1 Å². The molecule has 180 valence electrons. The van der Waals surface area contributed by atoms with Crippen LogP contribution in [0.2, 0.25) is 5.02 Å². The summed E-state index contributed by atoms with van der Waals surface area (Å²) in [6.45, 7) is 0.661. The second kappa shape index (κ2) is 13.1. The third-order valence-corrected chi connectivity index (χ3v) is 6.85. The number of aryl methyl sites for hydroxylation is 1. The second-order valence-corrected chi connectivity index (χ2v) is 9.66. The summed E-state index contributed by atoms with van der Waals surface area (Å²) in [6, 6.07) is 28.3. The number of thioether (sulfide) groups is 1. The van der Waals surface area contributed by atoms with Crippen molar-refractivity contribution in [2.24, 2.45) is 0 Å². The summed E-state index contributed by atoms with van der Waals surface area (Å²) in [5.41, 5.74) is 3.42. The van der Waals surface area contributed by atoms with Gasteiger partial charge in [-0.25, -0.2) is 0 Å². The molecule has 35 heavy (non-hydrogen) atoms. The lowest BCUT2D eigenvalue weighted by atomic mass is 10.1. The fraction of sp³-hybridized carbons (Fsp3) is 0.250. The van der Waals surface area contributed by atoms with E-state index in [9.17, 15) is 4.79 Å². The van der Waals surface area contributed by atoms with Gasteiger partial charge in [0, 0.05) is 30.2 Å². The Bertz CT molecular complexity index is 1210. The van der Waals surface area contributed by atoms with Crippen LogP contribution in [0.5, 0.6) is 0 Å². The first-order valence-electron chi connectivity index (χ1n) is 11.9. The fourth-order valence-electron chi connectivity index (χ4n) is 3.80. The van der Waals surface area contributed by atoms with Gasteiger partial charge in [-0.1, -0.05) is 90.1 Å². The minimum Gasteiger partial charge on any atom is -0.356 e. The Morgan fingerprint density at radius 3 is 2.34 bits per heavy atom. The largest absolute Gasteiger partial charge is 0.356 e. The predicted octanol–water partition coefficient (Wildman–Crippen LogP) is 6.28. The zero-order valence-electron chi connectivity index (χ0n) is 19.6. The molecule has 1 heterocycles. The summed E-state index contributed by atoms with van der Waals surface area (Å²) < 4.78 is 2.08. The van der Waals surface area contributed by atoms with Crippen molar-refractivity contribution in [3.05, 3.63) is 107 Å². The highest BCUT2D eigenvalue weighted by molar-refractivity contribution is 7.98. The summed E-state index contributed by atoms with van der Waals surface area (Å²) in [5, 5.41) is 13.5. The van der Waals surface area contributed by atoms with Crippen molar-refractivity contribution in [1.29, 1.82) is 0 Å². The molecule has 1 aromatic heterocycles. The molecule has 0 bridgehead atoms. The number of halogens is 1. The van der Waals surface area contributed by atoms with Crippen LogP contribution < -0.4 is 5.32 Å². The molecule has 0 spiro atoms. The topological polar surface area (TPSA) is 59.8 Å². The summed E-state index contributed by atoms with van der Waals surface area (Å²) in [7, 11) is 0. The molecule has 1 amide bonds. The van der Waals surface area contributed by atoms with Crippen LogP contribution in [0, 0.1) is 0 Å². The highest BCUT2D eigenvalue weighted by atomic mass is 35.5. The summed E-state index contributed by atoms with van der Waals surface area (Å²) in [5.74, 6) is 1.78. The smallest absolute Gasteiger partial charge is 0.220 e. The molecular weight excluding hydrogens is 476 g/mol. The average Bonchev–Trinajstić information content (AvgIpc) is 3.29. The number of hydrogen-bond acceptors (Lipinski definition) is 4. The number of aromatic nitrogens is 3. The van der Waals surface area contributed by atoms with Gasteiger partial charge in [0.25, 0.3) is 0 Å². The van der Waals surface area contributed by atoms with Gasteiger partial charge in [0.2, 0.25) is 5.91 Å². The van der Waals surface area contributed by atoms with Gasteiger partial charge in [-0.3, -0.25) is 9.36 Å². The number of carbonyl (C=O) groups excluding carboxylic acids is 1. The number of hydrogen-bond donors (Lipinski definition) is 1. The number of nitrogens with one attached hydrogen (secondary N) is 1. The average molecular weight is 505 g/mol. The third-order valence-electron chi connectivity index (χ3n) is 5.61. The minimum absolute atomic E-state index is 0.0938. The first-order valence-corrected chi connectivity index (χ1v) is 13.2. The van der Waals surface area contributed by atoms with Crippen molar-refractivity contribution in [3.8, 4) is 5.69 Å². The Hall–Kier alpha value is -3.09. The predicted molar refractivity (Wildman–Crippen MR) is 143 cm³/mol. The Balaban J connectivity index is 1.32. The molecule has 0 aliphatic carbocycles. The molecule has 0 atom stereocenters. The highest BCUT2D eigenvalue weighted by Crippen LogP contribution is 2.27. The molecule has 7 heteroatoms. The van der Waals surface area contributed by atoms with Gasteiger partial charge in [-0.2, -0.15) is 0 Å². The number of rotatable bonds is 12. The molecule has 0 fully saturated rings. The molecule has 0 unspecified atom stereocenters. The first kappa shape index (κ1) is 25.0. The van der Waals surface area contributed by atoms with Gasteiger partial charge in [0.15, 0.2) is 5.16 Å². The standard InChI is InChI=1S/C28H29ClN4OS/c29-24-14-9-15-25(20-24)33-26(31-32-28(33)35-21-23-12-5-2-6-13-23)16-7-8-17-27(34)30-19-18-22-10-3-1-4-11-22/h1-6,9-15,20H,7-8,16-19,21H2,(H,30,34). The number of benzene rings is 3. The lowest BCUT2D eigenvalue weighted by Gasteiger charge is -2.11. The van der Waals surface area contributed by atoms with Gasteiger partial charge < -0.3 is 5.32 Å². The first-order chi connectivity index (χ1) is 17.2. The Labute approximate surface area is 215 Å². The van der Waals surface area contributed by atoms with Gasteiger partial charge in [0.1, 0.15) is 5.82 Å². The zero-order chi connectivity index (χ0) is 24.3. The number of nitrogens with zero attached hydrogens (tertiary/aromatic N) is 3. The van der Waals surface area contributed by atoms with Crippen LogP contribution in [0.4, 0.5) is 0 Å². The van der Waals surface area contributed by atoms with Gasteiger partial charge in [0.05, 0.1) is 5.69 Å². The van der Waals surface area contributed by atoms with Crippen LogP contribution in [0.25, 0.3) is 5.69 Å². The zero-order valence-corrected chi connectivity index (χ0v) is 21.1. The lowest BCUT2D eigenvalue weighted by Crippen LogP contribution is -2.25. The van der Waals surface area contributed by atoms with Crippen LogP contribution >= 0.6 is 23.4 Å². The van der Waals surface area contributed by atoms with Gasteiger partial charge >= 0.3 is 0 Å². The van der Waals surface area contributed by atoms with Crippen molar-refractivity contribution < 1.29 is 4.79 Å². The molecule has 1 N–H and O–H groups in total. The number of carbonyl (C=O) groups is 1. The van der Waals surface area contributed by atoms with E-state index in [0.717, 1.165) is 48.1 Å². The van der Waals surface area contributed by atoms with E-state index >= 15 is 0 Å². The maximum atomic E-state index is 12.2. The van der Waals surface area contributed by atoms with Crippen LogP contribution in [0.15, 0.2) is 90.1 Å². The van der Waals surface area contributed by atoms with E-state index in [-0.39, 0.29) is 5.91 Å². The van der Waals surface area contributed by atoms with Crippen molar-refractivity contribution in [2.75, 3.05) is 6.54 Å². The molecule has 0 aliphatic rings. The monoisotopic (exact) mass is 504 g/mol. The number of amides is 1. The lowest BCUT2D eigenvalue weighted by molar-refractivity contribution is -0.121. The minimum atomic E-state index is 0.0938. The quantitative estimate of drug-likeness (QED) is 0.182. The SMILES string of the molecule is O=C(CCCCc1nnc(SCc2ccccc2)n1-c1cccc(Cl)c1)NCCc1ccccc1. The molecular formula is C28H29ClN4OS. The normalized spacial score (nSPS) is 10.9. The molecule has 0 saturated heterocycles. The van der Waals surface area contributed by atoms with Crippen molar-refractivity contribution in [3.63, 3.8) is 0 Å². The van der Waals surface area contributed by atoms with E-state index < -0.39 is 0 Å². The van der Waals surface area contributed by atoms with Gasteiger partial charge in [-0.15, -0.1) is 10.2 Å². The van der Waals surface area contributed by atoms with E-state index in [1.54, 1.807) is 11.8 Å². The molecule has 4 rings (SSSR count). The van der Waals surface area contributed by atoms with Crippen LogP contribution in [-0.4, -0.2) is 27.2 Å². The summed E-state index contributed by atoms with van der Waals surface area (Å²) >= 11 is 7.93. The van der Waals surface area contributed by atoms with E-state index in [2.05, 4.69) is 44.3 Å². The summed E-state index contributed by atoms with van der Waals surface area (Å²) in [6.07, 6.45) is 3.75. The van der Waals surface area contributed by atoms with Crippen LogP contribution in [-0.2, 0) is 23.4 Å². The molecule has 5 nitrogen and oxygen atoms in total. The van der Waals surface area contributed by atoms with Crippen LogP contribution in [0.1, 0.15) is 36.2 Å². The molecule has 3 aromatic carbocycles. The Morgan fingerprint density at radius 2 is 1.60 bits per heavy atom. The molecule has 0 radical (unpaired) electrons. The van der Waals surface area contributed by atoms with Gasteiger partial charge in [-0.05, 0) is 48.6 Å². The maximum Gasteiger partial charge on any atom is 0.220 e. The Kier molecular flexibility index (Phi) is 9.38. The summed E-state index contributed by atoms with van der Waals surface area (Å²) in [4.78, 5) is 12.2. The van der Waals surface area contributed by atoms with Crippen LogP contribution in [0.3, 0.4) is 0 Å². The van der Waals surface area contributed by atoms with E-state index in [1.807, 2.05) is 60.7 Å². The molecule has 0 aliphatic heterocycles. The molecule has 4 aromatic rings.